The monoisotopic (exact) mass is 285 g/mol. The fourth-order valence-electron chi connectivity index (χ4n) is 2.31. The van der Waals surface area contributed by atoms with Gasteiger partial charge in [0.1, 0.15) is 5.69 Å². The Bertz CT molecular complexity index is 736. The molecule has 0 aliphatic heterocycles. The Morgan fingerprint density at radius 2 is 2.05 bits per heavy atom. The van der Waals surface area contributed by atoms with Crippen molar-refractivity contribution in [2.24, 2.45) is 0 Å². The lowest BCUT2D eigenvalue weighted by atomic mass is 9.88. The molecule has 1 unspecified atom stereocenters. The van der Waals surface area contributed by atoms with Gasteiger partial charge in [0.25, 0.3) is 0 Å². The summed E-state index contributed by atoms with van der Waals surface area (Å²) in [5, 5.41) is 18.3. The molecular formula is C15H12FN3O2. The van der Waals surface area contributed by atoms with Crippen LogP contribution in [0, 0.1) is 0 Å². The predicted molar refractivity (Wildman–Crippen MR) is 74.3 cm³/mol. The highest BCUT2D eigenvalue weighted by atomic mass is 19.1. The molecule has 0 amide bonds. The van der Waals surface area contributed by atoms with Crippen LogP contribution in [0.5, 0.6) is 0 Å². The van der Waals surface area contributed by atoms with Gasteiger partial charge in [0.15, 0.2) is 11.4 Å². The highest BCUT2D eigenvalue weighted by molar-refractivity contribution is 5.87. The molecule has 1 aliphatic rings. The molecule has 1 aromatic carbocycles. The largest absolute Gasteiger partial charge is 0.476 e. The van der Waals surface area contributed by atoms with Gasteiger partial charge >= 0.3 is 5.97 Å². The van der Waals surface area contributed by atoms with Crippen LogP contribution < -0.4 is 0 Å². The Morgan fingerprint density at radius 1 is 1.29 bits per heavy atom. The number of halogens is 1. The Balaban J connectivity index is 1.91. The lowest BCUT2D eigenvalue weighted by Crippen LogP contribution is -2.22. The van der Waals surface area contributed by atoms with E-state index in [1.165, 1.54) is 6.08 Å². The maximum atomic E-state index is 14.9. The number of carboxylic acid groups (broad SMARTS) is 1. The molecule has 21 heavy (non-hydrogen) atoms. The van der Waals surface area contributed by atoms with E-state index in [2.05, 4.69) is 15.4 Å². The number of aromatic carboxylic acids is 1. The van der Waals surface area contributed by atoms with E-state index in [1.54, 1.807) is 12.2 Å². The van der Waals surface area contributed by atoms with Crippen LogP contribution in [0.1, 0.15) is 28.2 Å². The molecule has 1 heterocycles. The van der Waals surface area contributed by atoms with Crippen LogP contribution in [-0.4, -0.2) is 26.5 Å². The van der Waals surface area contributed by atoms with Gasteiger partial charge < -0.3 is 5.11 Å². The molecule has 0 bridgehead atoms. The normalized spacial score (nSPS) is 21.1. The molecule has 6 heteroatoms. The third-order valence-electron chi connectivity index (χ3n) is 3.40. The van der Waals surface area contributed by atoms with E-state index in [9.17, 15) is 9.18 Å². The number of carbonyl (C=O) groups is 1. The summed E-state index contributed by atoms with van der Waals surface area (Å²) in [5.74, 6) is -1.30. The Hall–Kier alpha value is -2.76. The number of rotatable bonds is 3. The van der Waals surface area contributed by atoms with Crippen LogP contribution in [-0.2, 0) is 5.67 Å². The summed E-state index contributed by atoms with van der Waals surface area (Å²) in [5.41, 5.74) is -0.675. The van der Waals surface area contributed by atoms with Gasteiger partial charge in [0.2, 0.25) is 0 Å². The van der Waals surface area contributed by atoms with E-state index in [0.29, 0.717) is 0 Å². The molecule has 1 aliphatic carbocycles. The number of allylic oxidation sites excluding steroid dienone is 4. The van der Waals surface area contributed by atoms with Crippen molar-refractivity contribution >= 4 is 11.5 Å². The molecule has 2 N–H and O–H groups in total. The van der Waals surface area contributed by atoms with E-state index in [-0.39, 0.29) is 12.1 Å². The van der Waals surface area contributed by atoms with Gasteiger partial charge in [-0.15, -0.1) is 5.10 Å². The average molecular weight is 285 g/mol. The zero-order valence-corrected chi connectivity index (χ0v) is 11.0. The number of hydrogen-bond donors (Lipinski definition) is 2. The summed E-state index contributed by atoms with van der Waals surface area (Å²) in [4.78, 5) is 11.0. The SMILES string of the molecule is O=C(O)c1n[nH]nc1C1(F)C=CC(c2ccccc2)=CC1. The van der Waals surface area contributed by atoms with Crippen molar-refractivity contribution in [3.05, 3.63) is 65.5 Å². The summed E-state index contributed by atoms with van der Waals surface area (Å²) in [6.45, 7) is 0. The molecule has 5 nitrogen and oxygen atoms in total. The molecule has 0 fully saturated rings. The molecule has 0 radical (unpaired) electrons. The van der Waals surface area contributed by atoms with Crippen LogP contribution in [0.25, 0.3) is 5.57 Å². The maximum absolute atomic E-state index is 14.9. The zero-order chi connectivity index (χ0) is 14.9. The summed E-state index contributed by atoms with van der Waals surface area (Å²) >= 11 is 0. The standard InChI is InChI=1S/C15H12FN3O2/c16-15(13-12(14(20)21)17-19-18-13)8-6-11(7-9-15)10-4-2-1-3-5-10/h1-8H,9H2,(H,20,21)(H,17,18,19). The number of nitrogens with zero attached hydrogens (tertiary/aromatic N) is 2. The first kappa shape index (κ1) is 13.2. The van der Waals surface area contributed by atoms with E-state index in [4.69, 9.17) is 5.11 Å². The second-order valence-corrected chi connectivity index (χ2v) is 4.75. The molecule has 106 valence electrons. The fraction of sp³-hybridized carbons (Fsp3) is 0.133. The molecule has 1 aromatic heterocycles. The third-order valence-corrected chi connectivity index (χ3v) is 3.40. The van der Waals surface area contributed by atoms with Crippen LogP contribution >= 0.6 is 0 Å². The number of benzene rings is 1. The van der Waals surface area contributed by atoms with Crippen molar-refractivity contribution in [1.29, 1.82) is 0 Å². The summed E-state index contributed by atoms with van der Waals surface area (Å²) in [7, 11) is 0. The van der Waals surface area contributed by atoms with Gasteiger partial charge in [0.05, 0.1) is 0 Å². The van der Waals surface area contributed by atoms with Crippen molar-refractivity contribution in [2.75, 3.05) is 0 Å². The quantitative estimate of drug-likeness (QED) is 0.908. The Kier molecular flexibility index (Phi) is 3.13. The predicted octanol–water partition coefficient (Wildman–Crippen LogP) is 2.71. The van der Waals surface area contributed by atoms with Crippen molar-refractivity contribution in [1.82, 2.24) is 15.4 Å². The molecule has 0 saturated carbocycles. The van der Waals surface area contributed by atoms with E-state index >= 15 is 0 Å². The van der Waals surface area contributed by atoms with E-state index in [0.717, 1.165) is 11.1 Å². The van der Waals surface area contributed by atoms with Crippen LogP contribution in [0.4, 0.5) is 4.39 Å². The topological polar surface area (TPSA) is 78.9 Å². The second-order valence-electron chi connectivity index (χ2n) is 4.75. The van der Waals surface area contributed by atoms with Gasteiger partial charge in [0, 0.05) is 6.42 Å². The summed E-state index contributed by atoms with van der Waals surface area (Å²) < 4.78 is 14.9. The number of carboxylic acids is 1. The van der Waals surface area contributed by atoms with Gasteiger partial charge in [-0.2, -0.15) is 10.3 Å². The average Bonchev–Trinajstić information content (AvgIpc) is 2.99. The lowest BCUT2D eigenvalue weighted by molar-refractivity contribution is 0.0683. The first-order valence-corrected chi connectivity index (χ1v) is 6.38. The minimum atomic E-state index is -1.96. The first-order valence-electron chi connectivity index (χ1n) is 6.38. The van der Waals surface area contributed by atoms with Gasteiger partial charge in [-0.1, -0.05) is 42.5 Å². The van der Waals surface area contributed by atoms with Crippen molar-refractivity contribution in [3.63, 3.8) is 0 Å². The molecule has 2 aromatic rings. The molecule has 0 saturated heterocycles. The van der Waals surface area contributed by atoms with Crippen molar-refractivity contribution in [3.8, 4) is 0 Å². The molecule has 3 rings (SSSR count). The number of aromatic nitrogens is 3. The number of hydrogen-bond acceptors (Lipinski definition) is 3. The molecule has 1 atom stereocenters. The van der Waals surface area contributed by atoms with Crippen LogP contribution in [0.2, 0.25) is 0 Å². The van der Waals surface area contributed by atoms with Crippen LogP contribution in [0.15, 0.2) is 48.6 Å². The number of aromatic amines is 1. The Labute approximate surface area is 119 Å². The van der Waals surface area contributed by atoms with Crippen molar-refractivity contribution in [2.45, 2.75) is 12.1 Å². The number of nitrogens with one attached hydrogen (secondary N) is 1. The van der Waals surface area contributed by atoms with Crippen molar-refractivity contribution < 1.29 is 14.3 Å². The smallest absolute Gasteiger partial charge is 0.358 e. The van der Waals surface area contributed by atoms with Crippen LogP contribution in [0.3, 0.4) is 0 Å². The Morgan fingerprint density at radius 3 is 2.67 bits per heavy atom. The maximum Gasteiger partial charge on any atom is 0.358 e. The molecule has 0 spiro atoms. The van der Waals surface area contributed by atoms with Gasteiger partial charge in [-0.05, 0) is 17.2 Å². The minimum absolute atomic E-state index is 0.0144. The van der Waals surface area contributed by atoms with Gasteiger partial charge in [-0.3, -0.25) is 0 Å². The lowest BCUT2D eigenvalue weighted by Gasteiger charge is -2.22. The highest BCUT2D eigenvalue weighted by Gasteiger charge is 2.37. The van der Waals surface area contributed by atoms with E-state index in [1.807, 2.05) is 30.3 Å². The molecular weight excluding hydrogens is 273 g/mol. The third kappa shape index (κ3) is 2.35. The van der Waals surface area contributed by atoms with E-state index < -0.39 is 17.3 Å². The summed E-state index contributed by atoms with van der Waals surface area (Å²) in [6, 6.07) is 9.58. The zero-order valence-electron chi connectivity index (χ0n) is 11.0. The highest BCUT2D eigenvalue weighted by Crippen LogP contribution is 2.37. The van der Waals surface area contributed by atoms with Gasteiger partial charge in [-0.25, -0.2) is 9.18 Å². The second kappa shape index (κ2) is 4.97. The number of alkyl halides is 1. The minimum Gasteiger partial charge on any atom is -0.476 e. The fourth-order valence-corrected chi connectivity index (χ4v) is 2.31. The summed E-state index contributed by atoms with van der Waals surface area (Å²) in [6.07, 6.45) is 4.72. The first-order chi connectivity index (χ1) is 10.1. The number of H-pyrrole nitrogens is 1.